The van der Waals surface area contributed by atoms with Gasteiger partial charge in [-0.3, -0.25) is 4.79 Å². The van der Waals surface area contributed by atoms with E-state index >= 15 is 0 Å². The predicted octanol–water partition coefficient (Wildman–Crippen LogP) is 4.13. The third-order valence-corrected chi connectivity index (χ3v) is 5.24. The summed E-state index contributed by atoms with van der Waals surface area (Å²) in [7, 11) is 0. The van der Waals surface area contributed by atoms with E-state index in [9.17, 15) is 15.0 Å². The summed E-state index contributed by atoms with van der Waals surface area (Å²) in [6, 6.07) is 9.62. The molecule has 0 radical (unpaired) electrons. The molecule has 30 heavy (non-hydrogen) atoms. The van der Waals surface area contributed by atoms with Gasteiger partial charge < -0.3 is 19.7 Å². The van der Waals surface area contributed by atoms with Crippen LogP contribution in [-0.2, 0) is 4.79 Å². The zero-order valence-corrected chi connectivity index (χ0v) is 18.0. The van der Waals surface area contributed by atoms with E-state index < -0.39 is 0 Å². The van der Waals surface area contributed by atoms with Gasteiger partial charge in [-0.25, -0.2) is 0 Å². The number of hydrogen-bond donors (Lipinski definition) is 2. The van der Waals surface area contributed by atoms with Crippen LogP contribution in [0, 0.1) is 0 Å². The summed E-state index contributed by atoms with van der Waals surface area (Å²) >= 11 is 6.42. The second-order valence-electron chi connectivity index (χ2n) is 6.06. The first-order chi connectivity index (χ1) is 14.4. The fourth-order valence-corrected chi connectivity index (χ4v) is 3.78. The Morgan fingerprint density at radius 3 is 2.20 bits per heavy atom. The van der Waals surface area contributed by atoms with Crippen LogP contribution in [0.25, 0.3) is 6.08 Å². The van der Waals surface area contributed by atoms with Crippen molar-refractivity contribution < 1.29 is 24.5 Å². The monoisotopic (exact) mass is 444 g/mol. The lowest BCUT2D eigenvalue weighted by atomic mass is 10.2. The standard InChI is InChI=1S/C21H20N2O5S2/c1-3-27-17-9-13(5-7-15(17)24)11-19-20(26)23(21(29)30-19)22-12-14-6-8-16(25)18(10-14)28-4-2/h5-12,24-25H,3-4H2,1-2H3/b19-11+,22-12+. The number of hydrogen-bond acceptors (Lipinski definition) is 8. The summed E-state index contributed by atoms with van der Waals surface area (Å²) < 4.78 is 11.0. The Bertz CT molecular complexity index is 1040. The number of rotatable bonds is 7. The van der Waals surface area contributed by atoms with Crippen molar-refractivity contribution in [1.82, 2.24) is 5.01 Å². The molecule has 1 aliphatic rings. The van der Waals surface area contributed by atoms with Gasteiger partial charge in [-0.2, -0.15) is 10.1 Å². The molecule has 0 unspecified atom stereocenters. The fourth-order valence-electron chi connectivity index (χ4n) is 2.61. The molecule has 0 spiro atoms. The van der Waals surface area contributed by atoms with Crippen LogP contribution in [0.5, 0.6) is 23.0 Å². The van der Waals surface area contributed by atoms with Gasteiger partial charge in [0.2, 0.25) is 0 Å². The zero-order chi connectivity index (χ0) is 21.7. The molecule has 7 nitrogen and oxygen atoms in total. The minimum Gasteiger partial charge on any atom is -0.504 e. The Morgan fingerprint density at radius 2 is 1.60 bits per heavy atom. The minimum absolute atomic E-state index is 0.0304. The first kappa shape index (κ1) is 21.7. The number of nitrogens with zero attached hydrogens (tertiary/aromatic N) is 2. The first-order valence-corrected chi connectivity index (χ1v) is 10.4. The quantitative estimate of drug-likeness (QED) is 0.377. The van der Waals surface area contributed by atoms with Crippen LogP contribution in [0.3, 0.4) is 0 Å². The van der Waals surface area contributed by atoms with E-state index in [2.05, 4.69) is 5.10 Å². The van der Waals surface area contributed by atoms with E-state index in [4.69, 9.17) is 21.7 Å². The van der Waals surface area contributed by atoms with E-state index in [0.29, 0.717) is 45.1 Å². The Labute approximate surface area is 183 Å². The summed E-state index contributed by atoms with van der Waals surface area (Å²) in [4.78, 5) is 13.1. The van der Waals surface area contributed by atoms with E-state index in [1.807, 2.05) is 13.8 Å². The van der Waals surface area contributed by atoms with Gasteiger partial charge in [0, 0.05) is 0 Å². The lowest BCUT2D eigenvalue weighted by Gasteiger charge is -2.08. The van der Waals surface area contributed by atoms with Crippen molar-refractivity contribution in [2.24, 2.45) is 5.10 Å². The third-order valence-electron chi connectivity index (χ3n) is 3.96. The van der Waals surface area contributed by atoms with Crippen molar-refractivity contribution in [1.29, 1.82) is 0 Å². The summed E-state index contributed by atoms with van der Waals surface area (Å²) in [6.45, 7) is 4.46. The summed E-state index contributed by atoms with van der Waals surface area (Å²) in [5.74, 6) is 0.395. The van der Waals surface area contributed by atoms with Crippen molar-refractivity contribution in [2.75, 3.05) is 13.2 Å². The predicted molar refractivity (Wildman–Crippen MR) is 121 cm³/mol. The molecule has 1 aliphatic heterocycles. The van der Waals surface area contributed by atoms with Crippen molar-refractivity contribution >= 4 is 46.5 Å². The van der Waals surface area contributed by atoms with E-state index in [1.54, 1.807) is 30.3 Å². The molecule has 0 saturated carbocycles. The molecule has 1 amide bonds. The zero-order valence-electron chi connectivity index (χ0n) is 16.4. The second kappa shape index (κ2) is 9.64. The molecule has 156 valence electrons. The number of thiocarbonyl (C=S) groups is 1. The number of amides is 1. The van der Waals surface area contributed by atoms with Crippen molar-refractivity contribution in [3.05, 3.63) is 52.4 Å². The molecule has 1 saturated heterocycles. The highest BCUT2D eigenvalue weighted by atomic mass is 32.2. The number of thioether (sulfide) groups is 1. The van der Waals surface area contributed by atoms with Gasteiger partial charge in [0.15, 0.2) is 27.3 Å². The van der Waals surface area contributed by atoms with Gasteiger partial charge in [0.1, 0.15) is 0 Å². The number of hydrazone groups is 1. The Morgan fingerprint density at radius 1 is 1.03 bits per heavy atom. The van der Waals surface area contributed by atoms with Crippen molar-refractivity contribution in [3.63, 3.8) is 0 Å². The van der Waals surface area contributed by atoms with E-state index in [-0.39, 0.29) is 17.4 Å². The topological polar surface area (TPSA) is 91.6 Å². The molecule has 2 aromatic rings. The molecule has 9 heteroatoms. The van der Waals surface area contributed by atoms with Gasteiger partial charge in [-0.05, 0) is 73.6 Å². The molecule has 2 aromatic carbocycles. The lowest BCUT2D eigenvalue weighted by Crippen LogP contribution is -2.22. The Kier molecular flexibility index (Phi) is 6.96. The highest BCUT2D eigenvalue weighted by molar-refractivity contribution is 8.26. The van der Waals surface area contributed by atoms with Crippen molar-refractivity contribution in [3.8, 4) is 23.0 Å². The SMILES string of the molecule is CCOc1cc(/C=N/N2C(=O)/C(=C\c3ccc(O)c(OCC)c3)SC2=S)ccc1O. The average molecular weight is 445 g/mol. The molecule has 1 fully saturated rings. The van der Waals surface area contributed by atoms with Gasteiger partial charge >= 0.3 is 0 Å². The number of phenolic OH excluding ortho intramolecular Hbond substituents is 2. The maximum absolute atomic E-state index is 12.7. The molecule has 1 heterocycles. The van der Waals surface area contributed by atoms with E-state index in [1.165, 1.54) is 18.3 Å². The average Bonchev–Trinajstić information content (AvgIpc) is 2.98. The number of aromatic hydroxyl groups is 2. The number of carbonyl (C=O) groups is 1. The smallest absolute Gasteiger partial charge is 0.286 e. The molecular weight excluding hydrogens is 424 g/mol. The number of phenols is 2. The fraction of sp³-hybridized carbons (Fsp3) is 0.190. The molecule has 0 aromatic heterocycles. The van der Waals surface area contributed by atoms with Crippen LogP contribution in [-0.4, -0.2) is 44.9 Å². The largest absolute Gasteiger partial charge is 0.504 e. The van der Waals surface area contributed by atoms with E-state index in [0.717, 1.165) is 16.8 Å². The summed E-state index contributed by atoms with van der Waals surface area (Å²) in [6.07, 6.45) is 3.15. The van der Waals surface area contributed by atoms with Crippen LogP contribution in [0.2, 0.25) is 0 Å². The summed E-state index contributed by atoms with van der Waals surface area (Å²) in [5.41, 5.74) is 1.34. The number of ether oxygens (including phenoxy) is 2. The Balaban J connectivity index is 1.80. The molecule has 2 N–H and O–H groups in total. The van der Waals surface area contributed by atoms with Crippen LogP contribution >= 0.6 is 24.0 Å². The number of benzene rings is 2. The maximum Gasteiger partial charge on any atom is 0.286 e. The van der Waals surface area contributed by atoms with Gasteiger partial charge in [-0.15, -0.1) is 0 Å². The van der Waals surface area contributed by atoms with Gasteiger partial charge in [0.05, 0.1) is 24.3 Å². The maximum atomic E-state index is 12.7. The van der Waals surface area contributed by atoms with Crippen LogP contribution in [0.1, 0.15) is 25.0 Å². The molecule has 0 aliphatic carbocycles. The highest BCUT2D eigenvalue weighted by Crippen LogP contribution is 2.35. The Hall–Kier alpha value is -3.04. The minimum atomic E-state index is -0.351. The van der Waals surface area contributed by atoms with Gasteiger partial charge in [-0.1, -0.05) is 17.8 Å². The van der Waals surface area contributed by atoms with Gasteiger partial charge in [0.25, 0.3) is 5.91 Å². The van der Waals surface area contributed by atoms with Crippen LogP contribution in [0.15, 0.2) is 46.4 Å². The normalized spacial score (nSPS) is 15.4. The van der Waals surface area contributed by atoms with Crippen molar-refractivity contribution in [2.45, 2.75) is 13.8 Å². The molecule has 3 rings (SSSR count). The summed E-state index contributed by atoms with van der Waals surface area (Å²) in [5, 5.41) is 24.9. The number of carbonyl (C=O) groups excluding carboxylic acids is 1. The molecule has 0 bridgehead atoms. The second-order valence-corrected chi connectivity index (χ2v) is 7.73. The van der Waals surface area contributed by atoms with Crippen LogP contribution in [0.4, 0.5) is 0 Å². The third kappa shape index (κ3) is 4.92. The highest BCUT2D eigenvalue weighted by Gasteiger charge is 2.32. The van der Waals surface area contributed by atoms with Crippen LogP contribution < -0.4 is 9.47 Å². The first-order valence-electron chi connectivity index (χ1n) is 9.16. The molecule has 0 atom stereocenters. The molecular formula is C21H20N2O5S2. The lowest BCUT2D eigenvalue weighted by molar-refractivity contribution is -0.122.